The highest BCUT2D eigenvalue weighted by Gasteiger charge is 2.19. The normalized spacial score (nSPS) is 11.5. The molecule has 0 amide bonds. The predicted octanol–water partition coefficient (Wildman–Crippen LogP) is 4.91. The molecule has 0 aliphatic rings. The number of methoxy groups -OCH3 is 2. The summed E-state index contributed by atoms with van der Waals surface area (Å²) in [5.41, 5.74) is 2.11. The maximum absolute atomic E-state index is 6.12. The molecule has 0 radical (unpaired) electrons. The summed E-state index contributed by atoms with van der Waals surface area (Å²) < 4.78 is 29.9. The van der Waals surface area contributed by atoms with Crippen LogP contribution in [0.5, 0.6) is 16.7 Å². The molecule has 6 aromatic rings. The van der Waals surface area contributed by atoms with E-state index in [1.165, 1.54) is 29.1 Å². The predicted molar refractivity (Wildman–Crippen MR) is 121 cm³/mol. The molecule has 10 nitrogen and oxygen atoms in total. The van der Waals surface area contributed by atoms with Crippen LogP contribution in [0.4, 0.5) is 0 Å². The molecule has 6 rings (SSSR count). The van der Waals surface area contributed by atoms with E-state index in [0.717, 1.165) is 16.1 Å². The lowest BCUT2D eigenvalue weighted by atomic mass is 10.2. The van der Waals surface area contributed by atoms with E-state index in [4.69, 9.17) is 23.0 Å². The fourth-order valence-corrected chi connectivity index (χ4v) is 4.78. The molecule has 0 fully saturated rings. The van der Waals surface area contributed by atoms with Gasteiger partial charge < -0.3 is 23.0 Å². The lowest BCUT2D eigenvalue weighted by Crippen LogP contribution is -1.96. The number of rotatable bonds is 7. The van der Waals surface area contributed by atoms with Gasteiger partial charge in [-0.25, -0.2) is 15.0 Å². The molecule has 5 heterocycles. The first-order valence-electron chi connectivity index (χ1n) is 9.68. The number of hydrogen-bond acceptors (Lipinski definition) is 11. The second-order valence-electron chi connectivity index (χ2n) is 6.86. The number of thiazole rings is 1. The van der Waals surface area contributed by atoms with Crippen LogP contribution in [0.2, 0.25) is 0 Å². The van der Waals surface area contributed by atoms with E-state index in [1.54, 1.807) is 31.1 Å². The summed E-state index contributed by atoms with van der Waals surface area (Å²) in [4.78, 5) is 13.6. The van der Waals surface area contributed by atoms with Gasteiger partial charge in [-0.15, -0.1) is 16.4 Å². The van der Waals surface area contributed by atoms with Gasteiger partial charge in [0.05, 0.1) is 37.7 Å². The van der Waals surface area contributed by atoms with Crippen LogP contribution in [0.15, 0.2) is 51.2 Å². The molecule has 166 valence electrons. The third kappa shape index (κ3) is 3.49. The molecule has 5 aromatic heterocycles. The van der Waals surface area contributed by atoms with Crippen LogP contribution < -0.4 is 14.2 Å². The summed E-state index contributed by atoms with van der Waals surface area (Å²) in [6.45, 7) is 0.271. The number of oxazole rings is 1. The third-order valence-electron chi connectivity index (χ3n) is 4.87. The monoisotopic (exact) mass is 481 g/mol. The van der Waals surface area contributed by atoms with Crippen LogP contribution in [0.1, 0.15) is 5.69 Å². The zero-order valence-corrected chi connectivity index (χ0v) is 19.0. The second-order valence-corrected chi connectivity index (χ2v) is 8.63. The molecule has 0 saturated heterocycles. The number of nitrogens with zero attached hydrogens (tertiary/aromatic N) is 5. The van der Waals surface area contributed by atoms with Gasteiger partial charge in [-0.1, -0.05) is 0 Å². The van der Waals surface area contributed by atoms with Crippen LogP contribution in [-0.4, -0.2) is 38.8 Å². The number of furan rings is 1. The Bertz CT molecular complexity index is 1560. The molecular formula is C21H15N5O5S2. The highest BCUT2D eigenvalue weighted by molar-refractivity contribution is 7.18. The average molecular weight is 482 g/mol. The summed E-state index contributed by atoms with van der Waals surface area (Å²) >= 11 is 2.82. The molecule has 0 saturated carbocycles. The van der Waals surface area contributed by atoms with Crippen LogP contribution in [-0.2, 0) is 6.61 Å². The Kier molecular flexibility index (Phi) is 4.73. The first kappa shape index (κ1) is 19.8. The zero-order valence-electron chi connectivity index (χ0n) is 17.3. The smallest absolute Gasteiger partial charge is 0.294 e. The Balaban J connectivity index is 1.34. The minimum Gasteiger partial charge on any atom is -0.496 e. The fourth-order valence-electron chi connectivity index (χ4n) is 3.33. The topological polar surface area (TPSA) is 110 Å². The highest BCUT2D eigenvalue weighted by Crippen LogP contribution is 2.38. The van der Waals surface area contributed by atoms with E-state index >= 15 is 0 Å². The van der Waals surface area contributed by atoms with Crippen molar-refractivity contribution in [3.63, 3.8) is 0 Å². The van der Waals surface area contributed by atoms with Crippen LogP contribution in [0.25, 0.3) is 38.2 Å². The highest BCUT2D eigenvalue weighted by atomic mass is 32.1. The van der Waals surface area contributed by atoms with Gasteiger partial charge in [0.1, 0.15) is 29.4 Å². The molecule has 0 aliphatic carbocycles. The van der Waals surface area contributed by atoms with Gasteiger partial charge in [0.2, 0.25) is 4.96 Å². The van der Waals surface area contributed by atoms with Crippen molar-refractivity contribution in [3.8, 4) is 38.9 Å². The minimum absolute atomic E-state index is 0.271. The van der Waals surface area contributed by atoms with Crippen LogP contribution in [0.3, 0.4) is 0 Å². The third-order valence-corrected chi connectivity index (χ3v) is 6.66. The van der Waals surface area contributed by atoms with E-state index < -0.39 is 0 Å². The molecule has 12 heteroatoms. The number of aromatic nitrogens is 5. The number of ether oxygens (including phenoxy) is 3. The Morgan fingerprint density at radius 1 is 1.09 bits per heavy atom. The van der Waals surface area contributed by atoms with E-state index in [2.05, 4.69) is 20.1 Å². The van der Waals surface area contributed by atoms with E-state index in [1.807, 2.05) is 23.6 Å². The minimum atomic E-state index is 0.271. The molecular weight excluding hydrogens is 466 g/mol. The standard InChI is InChI=1S/C21H15N5O5S2/c1-27-12-3-15(29-8-11-9-32-19(24-11)18-7-22-10-30-18)13-5-17(31-16(13)4-12)14-6-23-20-26(14)25-21(28-2)33-20/h3-7,9-10H,8H2,1-2H3. The van der Waals surface area contributed by atoms with Crippen molar-refractivity contribution in [2.24, 2.45) is 0 Å². The summed E-state index contributed by atoms with van der Waals surface area (Å²) in [6.07, 6.45) is 4.73. The summed E-state index contributed by atoms with van der Waals surface area (Å²) in [7, 11) is 3.17. The molecule has 0 bridgehead atoms. The summed E-state index contributed by atoms with van der Waals surface area (Å²) in [5.74, 6) is 2.46. The van der Waals surface area contributed by atoms with Gasteiger partial charge in [-0.3, -0.25) is 0 Å². The van der Waals surface area contributed by atoms with E-state index in [-0.39, 0.29) is 6.61 Å². The number of hydrogen-bond donors (Lipinski definition) is 0. The maximum Gasteiger partial charge on any atom is 0.294 e. The number of fused-ring (bicyclic) bond motifs is 2. The van der Waals surface area contributed by atoms with Crippen LogP contribution >= 0.6 is 22.7 Å². The lowest BCUT2D eigenvalue weighted by molar-refractivity contribution is 0.303. The molecule has 33 heavy (non-hydrogen) atoms. The van der Waals surface area contributed by atoms with Gasteiger partial charge in [0, 0.05) is 17.5 Å². The molecule has 0 N–H and O–H groups in total. The molecule has 0 unspecified atom stereocenters. The van der Waals surface area contributed by atoms with Crippen molar-refractivity contribution in [2.75, 3.05) is 14.2 Å². The summed E-state index contributed by atoms with van der Waals surface area (Å²) in [5, 5.41) is 8.40. The molecule has 0 aliphatic heterocycles. The second kappa shape index (κ2) is 7.90. The first-order valence-corrected chi connectivity index (χ1v) is 11.4. The van der Waals surface area contributed by atoms with Crippen molar-refractivity contribution in [2.45, 2.75) is 6.61 Å². The van der Waals surface area contributed by atoms with Gasteiger partial charge in [0.15, 0.2) is 22.9 Å². The first-order chi connectivity index (χ1) is 16.2. The Morgan fingerprint density at radius 2 is 2.03 bits per heavy atom. The molecule has 0 atom stereocenters. The number of imidazole rings is 1. The average Bonchev–Trinajstić information content (AvgIpc) is 3.63. The van der Waals surface area contributed by atoms with Crippen molar-refractivity contribution < 1.29 is 23.0 Å². The zero-order chi connectivity index (χ0) is 22.4. The van der Waals surface area contributed by atoms with Gasteiger partial charge in [-0.2, -0.15) is 4.52 Å². The Hall–Kier alpha value is -3.90. The van der Waals surface area contributed by atoms with Crippen molar-refractivity contribution >= 4 is 38.6 Å². The maximum atomic E-state index is 6.12. The van der Waals surface area contributed by atoms with Gasteiger partial charge >= 0.3 is 0 Å². The van der Waals surface area contributed by atoms with E-state index in [9.17, 15) is 0 Å². The lowest BCUT2D eigenvalue weighted by Gasteiger charge is -2.07. The largest absolute Gasteiger partial charge is 0.496 e. The van der Waals surface area contributed by atoms with Crippen molar-refractivity contribution in [3.05, 3.63) is 48.1 Å². The summed E-state index contributed by atoms with van der Waals surface area (Å²) in [6, 6.07) is 5.54. The Morgan fingerprint density at radius 3 is 2.85 bits per heavy atom. The SMILES string of the molecule is COc1cc(OCc2csc(-c3cnco3)n2)c2cc(-c3cnc4sc(OC)nn34)oc2c1. The molecule has 1 aromatic carbocycles. The Labute approximate surface area is 194 Å². The van der Waals surface area contributed by atoms with Gasteiger partial charge in [0.25, 0.3) is 5.19 Å². The van der Waals surface area contributed by atoms with Crippen molar-refractivity contribution in [1.82, 2.24) is 24.6 Å². The number of benzene rings is 1. The quantitative estimate of drug-likeness (QED) is 0.314. The molecule has 0 spiro atoms. The van der Waals surface area contributed by atoms with Crippen LogP contribution in [0, 0.1) is 0 Å². The fraction of sp³-hybridized carbons (Fsp3) is 0.143. The van der Waals surface area contributed by atoms with E-state index in [0.29, 0.717) is 44.5 Å². The van der Waals surface area contributed by atoms with Crippen molar-refractivity contribution in [1.29, 1.82) is 0 Å². The van der Waals surface area contributed by atoms with Gasteiger partial charge in [-0.05, 0) is 17.4 Å².